The fraction of sp³-hybridized carbons (Fsp3) is 0.357. The fourth-order valence-electron chi connectivity index (χ4n) is 2.26. The molecule has 1 unspecified atom stereocenters. The van der Waals surface area contributed by atoms with Crippen molar-refractivity contribution < 1.29 is 9.53 Å². The van der Waals surface area contributed by atoms with E-state index in [4.69, 9.17) is 10.5 Å². The quantitative estimate of drug-likeness (QED) is 0.750. The number of amides is 1. The summed E-state index contributed by atoms with van der Waals surface area (Å²) in [7, 11) is 0. The van der Waals surface area contributed by atoms with Crippen molar-refractivity contribution >= 4 is 16.8 Å². The minimum Gasteiger partial charge on any atom is -0.377 e. The Labute approximate surface area is 111 Å². The average molecular weight is 259 g/mol. The van der Waals surface area contributed by atoms with Gasteiger partial charge >= 0.3 is 0 Å². The number of nitrogens with one attached hydrogen (secondary N) is 2. The number of H-pyrrole nitrogens is 1. The second-order valence-electron chi connectivity index (χ2n) is 4.91. The zero-order valence-electron chi connectivity index (χ0n) is 10.6. The molecule has 100 valence electrons. The second-order valence-corrected chi connectivity index (χ2v) is 4.91. The van der Waals surface area contributed by atoms with Crippen LogP contribution in [0.25, 0.3) is 10.9 Å². The van der Waals surface area contributed by atoms with E-state index in [-0.39, 0.29) is 11.9 Å². The Kier molecular flexibility index (Phi) is 3.23. The standard InChI is InChI=1S/C14H17N3O2/c15-12(14(18)17-10-7-19-8-10)5-9-6-16-13-4-2-1-3-11(9)13/h1-4,6,10,12,16H,5,7-8,15H2,(H,17,18). The molecule has 1 aliphatic rings. The summed E-state index contributed by atoms with van der Waals surface area (Å²) in [5.74, 6) is -0.112. The summed E-state index contributed by atoms with van der Waals surface area (Å²) < 4.78 is 5.02. The first-order valence-corrected chi connectivity index (χ1v) is 6.43. The Hall–Kier alpha value is -1.85. The second kappa shape index (κ2) is 5.03. The third kappa shape index (κ3) is 2.47. The highest BCUT2D eigenvalue weighted by atomic mass is 16.5. The molecule has 1 aromatic carbocycles. The fourth-order valence-corrected chi connectivity index (χ4v) is 2.26. The van der Waals surface area contributed by atoms with Crippen molar-refractivity contribution in [2.45, 2.75) is 18.5 Å². The number of fused-ring (bicyclic) bond motifs is 1. The van der Waals surface area contributed by atoms with Gasteiger partial charge < -0.3 is 20.8 Å². The lowest BCUT2D eigenvalue weighted by molar-refractivity contribution is -0.126. The van der Waals surface area contributed by atoms with E-state index >= 15 is 0 Å². The summed E-state index contributed by atoms with van der Waals surface area (Å²) >= 11 is 0. The first-order valence-electron chi connectivity index (χ1n) is 6.43. The molecule has 0 bridgehead atoms. The molecule has 1 atom stereocenters. The number of rotatable bonds is 4. The number of benzene rings is 1. The van der Waals surface area contributed by atoms with E-state index in [1.165, 1.54) is 0 Å². The zero-order chi connectivity index (χ0) is 13.2. The molecule has 2 heterocycles. The zero-order valence-corrected chi connectivity index (χ0v) is 10.6. The van der Waals surface area contributed by atoms with Crippen LogP contribution in [0.3, 0.4) is 0 Å². The highest BCUT2D eigenvalue weighted by molar-refractivity contribution is 5.86. The van der Waals surface area contributed by atoms with E-state index in [1.807, 2.05) is 30.5 Å². The van der Waals surface area contributed by atoms with Crippen LogP contribution >= 0.6 is 0 Å². The van der Waals surface area contributed by atoms with Crippen molar-refractivity contribution in [1.82, 2.24) is 10.3 Å². The number of para-hydroxylation sites is 1. The molecular weight excluding hydrogens is 242 g/mol. The van der Waals surface area contributed by atoms with E-state index in [1.54, 1.807) is 0 Å². The molecule has 0 spiro atoms. The molecule has 3 rings (SSSR count). The molecule has 19 heavy (non-hydrogen) atoms. The predicted octanol–water partition coefficient (Wildman–Crippen LogP) is 0.553. The SMILES string of the molecule is NC(Cc1c[nH]c2ccccc12)C(=O)NC1COC1. The number of hydrogen-bond donors (Lipinski definition) is 3. The Morgan fingerprint density at radius 2 is 2.26 bits per heavy atom. The van der Waals surface area contributed by atoms with Gasteiger partial charge in [0.15, 0.2) is 0 Å². The molecule has 1 saturated heterocycles. The summed E-state index contributed by atoms with van der Waals surface area (Å²) in [5.41, 5.74) is 8.10. The Morgan fingerprint density at radius 1 is 1.47 bits per heavy atom. The van der Waals surface area contributed by atoms with Gasteiger partial charge in [0.1, 0.15) is 0 Å². The molecule has 4 N–H and O–H groups in total. The van der Waals surface area contributed by atoms with E-state index in [0.29, 0.717) is 19.6 Å². The van der Waals surface area contributed by atoms with Gasteiger partial charge in [0.25, 0.3) is 0 Å². The first-order chi connectivity index (χ1) is 9.24. The van der Waals surface area contributed by atoms with Crippen molar-refractivity contribution in [3.05, 3.63) is 36.0 Å². The number of nitrogens with two attached hydrogens (primary N) is 1. The molecule has 5 heteroatoms. The molecule has 1 amide bonds. The van der Waals surface area contributed by atoms with Gasteiger partial charge in [-0.15, -0.1) is 0 Å². The molecule has 5 nitrogen and oxygen atoms in total. The average Bonchev–Trinajstić information content (AvgIpc) is 2.77. The van der Waals surface area contributed by atoms with Gasteiger partial charge in [0.2, 0.25) is 5.91 Å². The van der Waals surface area contributed by atoms with Crippen LogP contribution in [0.1, 0.15) is 5.56 Å². The van der Waals surface area contributed by atoms with Crippen molar-refractivity contribution in [3.8, 4) is 0 Å². The van der Waals surface area contributed by atoms with Gasteiger partial charge in [0, 0.05) is 17.1 Å². The van der Waals surface area contributed by atoms with E-state index in [9.17, 15) is 4.79 Å². The lowest BCUT2D eigenvalue weighted by Gasteiger charge is -2.28. The maximum atomic E-state index is 11.9. The van der Waals surface area contributed by atoms with E-state index in [2.05, 4.69) is 10.3 Å². The van der Waals surface area contributed by atoms with Crippen LogP contribution in [0.4, 0.5) is 0 Å². The molecule has 0 radical (unpaired) electrons. The number of carbonyl (C=O) groups is 1. The largest absolute Gasteiger partial charge is 0.377 e. The van der Waals surface area contributed by atoms with Gasteiger partial charge in [-0.1, -0.05) is 18.2 Å². The van der Waals surface area contributed by atoms with Crippen LogP contribution in [0.5, 0.6) is 0 Å². The van der Waals surface area contributed by atoms with Gasteiger partial charge in [-0.25, -0.2) is 0 Å². The molecule has 0 saturated carbocycles. The van der Waals surface area contributed by atoms with Crippen molar-refractivity contribution in [2.24, 2.45) is 5.73 Å². The van der Waals surface area contributed by atoms with Crippen LogP contribution in [0, 0.1) is 0 Å². The minimum absolute atomic E-state index is 0.112. The first kappa shape index (κ1) is 12.2. The van der Waals surface area contributed by atoms with Crippen molar-refractivity contribution in [3.63, 3.8) is 0 Å². The van der Waals surface area contributed by atoms with Crippen LogP contribution in [0.15, 0.2) is 30.5 Å². The Morgan fingerprint density at radius 3 is 3.00 bits per heavy atom. The third-order valence-electron chi connectivity index (χ3n) is 3.44. The van der Waals surface area contributed by atoms with Gasteiger partial charge in [-0.05, 0) is 18.1 Å². The summed E-state index contributed by atoms with van der Waals surface area (Å²) in [6.45, 7) is 1.18. The summed E-state index contributed by atoms with van der Waals surface area (Å²) in [5, 5.41) is 4.00. The van der Waals surface area contributed by atoms with Crippen molar-refractivity contribution in [1.29, 1.82) is 0 Å². The van der Waals surface area contributed by atoms with Crippen molar-refractivity contribution in [2.75, 3.05) is 13.2 Å². The maximum absolute atomic E-state index is 11.9. The monoisotopic (exact) mass is 259 g/mol. The van der Waals surface area contributed by atoms with Gasteiger partial charge in [-0.3, -0.25) is 4.79 Å². The molecule has 2 aromatic rings. The number of aromatic nitrogens is 1. The smallest absolute Gasteiger partial charge is 0.237 e. The molecular formula is C14H17N3O2. The molecule has 1 fully saturated rings. The predicted molar refractivity (Wildman–Crippen MR) is 72.7 cm³/mol. The van der Waals surface area contributed by atoms with Gasteiger partial charge in [0.05, 0.1) is 25.3 Å². The summed E-state index contributed by atoms with van der Waals surface area (Å²) in [6.07, 6.45) is 2.45. The normalized spacial score (nSPS) is 17.1. The number of carbonyl (C=O) groups excluding carboxylic acids is 1. The van der Waals surface area contributed by atoms with Crippen LogP contribution < -0.4 is 11.1 Å². The summed E-state index contributed by atoms with van der Waals surface area (Å²) in [6, 6.07) is 7.60. The summed E-state index contributed by atoms with van der Waals surface area (Å²) in [4.78, 5) is 15.1. The number of aromatic amines is 1. The third-order valence-corrected chi connectivity index (χ3v) is 3.44. The topological polar surface area (TPSA) is 80.1 Å². The Balaban J connectivity index is 1.68. The minimum atomic E-state index is -0.528. The lowest BCUT2D eigenvalue weighted by Crippen LogP contribution is -2.53. The number of hydrogen-bond acceptors (Lipinski definition) is 3. The van der Waals surface area contributed by atoms with Crippen LogP contribution in [-0.4, -0.2) is 36.2 Å². The van der Waals surface area contributed by atoms with Gasteiger partial charge in [-0.2, -0.15) is 0 Å². The van der Waals surface area contributed by atoms with Crippen LogP contribution in [0.2, 0.25) is 0 Å². The molecule has 0 aliphatic carbocycles. The lowest BCUT2D eigenvalue weighted by atomic mass is 10.0. The highest BCUT2D eigenvalue weighted by Gasteiger charge is 2.24. The Bertz CT molecular complexity index is 589. The maximum Gasteiger partial charge on any atom is 0.237 e. The highest BCUT2D eigenvalue weighted by Crippen LogP contribution is 2.18. The van der Waals surface area contributed by atoms with E-state index < -0.39 is 6.04 Å². The molecule has 1 aliphatic heterocycles. The van der Waals surface area contributed by atoms with E-state index in [0.717, 1.165) is 16.5 Å². The number of ether oxygens (including phenoxy) is 1. The van der Waals surface area contributed by atoms with Crippen LogP contribution in [-0.2, 0) is 16.0 Å². The molecule has 1 aromatic heterocycles.